The lowest BCUT2D eigenvalue weighted by Crippen LogP contribution is -1.98. The van der Waals surface area contributed by atoms with Crippen LogP contribution in [0.1, 0.15) is 5.69 Å². The van der Waals surface area contributed by atoms with Crippen LogP contribution in [0.2, 0.25) is 0 Å². The van der Waals surface area contributed by atoms with Crippen molar-refractivity contribution in [2.45, 2.75) is 6.54 Å². The molecule has 1 aromatic carbocycles. The highest BCUT2D eigenvalue weighted by Gasteiger charge is 2.04. The highest BCUT2D eigenvalue weighted by molar-refractivity contribution is 5.79. The average Bonchev–Trinajstić information content (AvgIpc) is 2.78. The molecule has 3 rings (SSSR count). The van der Waals surface area contributed by atoms with Crippen molar-refractivity contribution in [2.24, 2.45) is 5.73 Å². The van der Waals surface area contributed by atoms with Gasteiger partial charge < -0.3 is 10.2 Å². The number of oxazole rings is 1. The van der Waals surface area contributed by atoms with Gasteiger partial charge in [0.2, 0.25) is 0 Å². The molecule has 3 aromatic rings. The summed E-state index contributed by atoms with van der Waals surface area (Å²) in [5.74, 6) is -0.446. The van der Waals surface area contributed by atoms with Crippen molar-refractivity contribution in [3.8, 4) is 11.1 Å². The van der Waals surface area contributed by atoms with Gasteiger partial charge in [0.25, 0.3) is 0 Å². The van der Waals surface area contributed by atoms with E-state index in [2.05, 4.69) is 9.97 Å². The molecule has 5 nitrogen and oxygen atoms in total. The van der Waals surface area contributed by atoms with Crippen LogP contribution >= 0.6 is 0 Å². The van der Waals surface area contributed by atoms with Crippen molar-refractivity contribution in [1.29, 1.82) is 0 Å². The van der Waals surface area contributed by atoms with Crippen molar-refractivity contribution in [1.82, 2.24) is 9.97 Å². The summed E-state index contributed by atoms with van der Waals surface area (Å²) in [4.78, 5) is 17.9. The molecule has 0 aliphatic rings. The molecule has 2 aromatic heterocycles. The largest absolute Gasteiger partial charge is 0.417 e. The lowest BCUT2D eigenvalue weighted by molar-refractivity contribution is 0.555. The fourth-order valence-corrected chi connectivity index (χ4v) is 1.84. The van der Waals surface area contributed by atoms with Gasteiger partial charge in [-0.2, -0.15) is 0 Å². The molecule has 2 heterocycles. The van der Waals surface area contributed by atoms with Crippen LogP contribution in [0.5, 0.6) is 0 Å². The second-order valence-electron chi connectivity index (χ2n) is 3.97. The molecule has 0 bridgehead atoms. The SMILES string of the molecule is NCc1ccc(-c2ccc3[nH]c(=O)oc3c2)cn1. The van der Waals surface area contributed by atoms with Crippen molar-refractivity contribution >= 4 is 11.1 Å². The Kier molecular flexibility index (Phi) is 2.46. The molecular weight excluding hydrogens is 230 g/mol. The van der Waals surface area contributed by atoms with E-state index in [0.717, 1.165) is 16.8 Å². The van der Waals surface area contributed by atoms with E-state index < -0.39 is 5.76 Å². The first-order valence-electron chi connectivity index (χ1n) is 5.54. The zero-order valence-corrected chi connectivity index (χ0v) is 9.51. The van der Waals surface area contributed by atoms with Crippen LogP contribution in [-0.2, 0) is 6.54 Å². The summed E-state index contributed by atoms with van der Waals surface area (Å²) in [6, 6.07) is 9.36. The van der Waals surface area contributed by atoms with Gasteiger partial charge in [0.15, 0.2) is 5.58 Å². The van der Waals surface area contributed by atoms with Crippen molar-refractivity contribution < 1.29 is 4.42 Å². The first kappa shape index (κ1) is 10.7. The number of benzene rings is 1. The van der Waals surface area contributed by atoms with Crippen LogP contribution in [0.15, 0.2) is 45.7 Å². The number of fused-ring (bicyclic) bond motifs is 1. The number of hydrogen-bond donors (Lipinski definition) is 2. The minimum absolute atomic E-state index is 0.423. The van der Waals surface area contributed by atoms with E-state index in [1.54, 1.807) is 6.20 Å². The van der Waals surface area contributed by atoms with Crippen molar-refractivity contribution in [3.05, 3.63) is 52.8 Å². The van der Waals surface area contributed by atoms with E-state index in [0.29, 0.717) is 17.6 Å². The summed E-state index contributed by atoms with van der Waals surface area (Å²) >= 11 is 0. The van der Waals surface area contributed by atoms with Gasteiger partial charge in [0.05, 0.1) is 11.2 Å². The maximum atomic E-state index is 11.1. The van der Waals surface area contributed by atoms with Gasteiger partial charge >= 0.3 is 5.76 Å². The summed E-state index contributed by atoms with van der Waals surface area (Å²) in [6.45, 7) is 0.423. The Labute approximate surface area is 102 Å². The number of pyridine rings is 1. The Morgan fingerprint density at radius 3 is 2.78 bits per heavy atom. The quantitative estimate of drug-likeness (QED) is 0.714. The van der Waals surface area contributed by atoms with Gasteiger partial charge in [-0.1, -0.05) is 12.1 Å². The predicted molar refractivity (Wildman–Crippen MR) is 68.0 cm³/mol. The van der Waals surface area contributed by atoms with Crippen molar-refractivity contribution in [2.75, 3.05) is 0 Å². The van der Waals surface area contributed by atoms with Gasteiger partial charge in [-0.3, -0.25) is 9.97 Å². The molecule has 0 fully saturated rings. The molecule has 5 heteroatoms. The van der Waals surface area contributed by atoms with Crippen LogP contribution in [-0.4, -0.2) is 9.97 Å². The highest BCUT2D eigenvalue weighted by Crippen LogP contribution is 2.22. The van der Waals surface area contributed by atoms with Crippen LogP contribution < -0.4 is 11.5 Å². The Balaban J connectivity index is 2.09. The number of aromatic amines is 1. The normalized spacial score (nSPS) is 10.9. The number of nitrogens with zero attached hydrogens (tertiary/aromatic N) is 1. The van der Waals surface area contributed by atoms with E-state index >= 15 is 0 Å². The van der Waals surface area contributed by atoms with Crippen LogP contribution in [0.3, 0.4) is 0 Å². The molecule has 0 saturated heterocycles. The number of aromatic nitrogens is 2. The molecule has 0 radical (unpaired) electrons. The van der Waals surface area contributed by atoms with Gasteiger partial charge in [-0.15, -0.1) is 0 Å². The maximum absolute atomic E-state index is 11.1. The standard InChI is InChI=1S/C13H11N3O2/c14-6-10-3-1-9(7-15-10)8-2-4-11-12(5-8)18-13(17)16-11/h1-5,7H,6,14H2,(H,16,17). The molecule has 3 N–H and O–H groups in total. The third-order valence-electron chi connectivity index (χ3n) is 2.79. The first-order valence-corrected chi connectivity index (χ1v) is 5.54. The third-order valence-corrected chi connectivity index (χ3v) is 2.79. The maximum Gasteiger partial charge on any atom is 0.417 e. The predicted octanol–water partition coefficient (Wildman–Crippen LogP) is 1.64. The topological polar surface area (TPSA) is 84.9 Å². The van der Waals surface area contributed by atoms with Crippen LogP contribution in [0.25, 0.3) is 22.2 Å². The third kappa shape index (κ3) is 1.80. The fourth-order valence-electron chi connectivity index (χ4n) is 1.84. The molecular formula is C13H11N3O2. The first-order chi connectivity index (χ1) is 8.76. The van der Waals surface area contributed by atoms with Crippen molar-refractivity contribution in [3.63, 3.8) is 0 Å². The summed E-state index contributed by atoms with van der Waals surface area (Å²) in [6.07, 6.45) is 1.76. The fraction of sp³-hybridized carbons (Fsp3) is 0.0769. The zero-order valence-electron chi connectivity index (χ0n) is 9.51. The van der Waals surface area contributed by atoms with Gasteiger partial charge in [-0.05, 0) is 23.8 Å². The van der Waals surface area contributed by atoms with Gasteiger partial charge in [0.1, 0.15) is 0 Å². The second kappa shape index (κ2) is 4.12. The number of nitrogens with one attached hydrogen (secondary N) is 1. The second-order valence-corrected chi connectivity index (χ2v) is 3.97. The minimum atomic E-state index is -0.446. The van der Waals surface area contributed by atoms with Crippen LogP contribution in [0.4, 0.5) is 0 Å². The number of hydrogen-bond acceptors (Lipinski definition) is 4. The van der Waals surface area contributed by atoms with E-state index in [4.69, 9.17) is 10.2 Å². The van der Waals surface area contributed by atoms with E-state index in [-0.39, 0.29) is 0 Å². The molecule has 0 amide bonds. The average molecular weight is 241 g/mol. The summed E-state index contributed by atoms with van der Waals surface area (Å²) < 4.78 is 5.02. The Bertz CT molecular complexity index is 741. The molecule has 0 spiro atoms. The minimum Gasteiger partial charge on any atom is -0.408 e. The molecule has 0 aliphatic carbocycles. The van der Waals surface area contributed by atoms with E-state index in [1.165, 1.54) is 0 Å². The van der Waals surface area contributed by atoms with E-state index in [9.17, 15) is 4.79 Å². The lowest BCUT2D eigenvalue weighted by atomic mass is 10.1. The molecule has 0 atom stereocenters. The lowest BCUT2D eigenvalue weighted by Gasteiger charge is -2.02. The molecule has 0 aliphatic heterocycles. The highest BCUT2D eigenvalue weighted by atomic mass is 16.4. The van der Waals surface area contributed by atoms with E-state index in [1.807, 2.05) is 30.3 Å². The smallest absolute Gasteiger partial charge is 0.408 e. The van der Waals surface area contributed by atoms with Gasteiger partial charge in [0, 0.05) is 18.3 Å². The molecule has 18 heavy (non-hydrogen) atoms. The number of H-pyrrole nitrogens is 1. The summed E-state index contributed by atoms with van der Waals surface area (Å²) in [5.41, 5.74) is 9.47. The number of rotatable bonds is 2. The number of nitrogens with two attached hydrogens (primary N) is 1. The molecule has 0 saturated carbocycles. The molecule has 90 valence electrons. The summed E-state index contributed by atoms with van der Waals surface area (Å²) in [5, 5.41) is 0. The monoisotopic (exact) mass is 241 g/mol. The Hall–Kier alpha value is -2.40. The molecule has 0 unspecified atom stereocenters. The Morgan fingerprint density at radius 2 is 2.06 bits per heavy atom. The van der Waals surface area contributed by atoms with Crippen LogP contribution in [0, 0.1) is 0 Å². The Morgan fingerprint density at radius 1 is 1.22 bits per heavy atom. The zero-order chi connectivity index (χ0) is 12.5. The van der Waals surface area contributed by atoms with Gasteiger partial charge in [-0.25, -0.2) is 4.79 Å². The summed E-state index contributed by atoms with van der Waals surface area (Å²) in [7, 11) is 0.